The number of anilines is 4. The second-order valence-electron chi connectivity index (χ2n) is 8.86. The van der Waals surface area contributed by atoms with E-state index in [1.54, 1.807) is 4.90 Å². The number of nitrogens with one attached hydrogen (secondary N) is 2. The van der Waals surface area contributed by atoms with Crippen LogP contribution >= 0.6 is 0 Å². The summed E-state index contributed by atoms with van der Waals surface area (Å²) in [5.74, 6) is 0.630. The summed E-state index contributed by atoms with van der Waals surface area (Å²) in [4.78, 5) is 36.5. The van der Waals surface area contributed by atoms with E-state index in [2.05, 4.69) is 25.5 Å². The Morgan fingerprint density at radius 2 is 1.85 bits per heavy atom. The summed E-state index contributed by atoms with van der Waals surface area (Å²) in [6, 6.07) is 8.30. The van der Waals surface area contributed by atoms with Crippen molar-refractivity contribution in [1.29, 1.82) is 0 Å². The van der Waals surface area contributed by atoms with Crippen LogP contribution in [0.3, 0.4) is 0 Å². The number of primary amides is 1. The first-order valence-corrected chi connectivity index (χ1v) is 11.4. The van der Waals surface area contributed by atoms with Crippen LogP contribution in [0.1, 0.15) is 37.0 Å². The molecular formula is C23H31N7O3. The van der Waals surface area contributed by atoms with E-state index in [0.29, 0.717) is 43.4 Å². The van der Waals surface area contributed by atoms with Gasteiger partial charge in [-0.2, -0.15) is 4.98 Å². The molecule has 10 nitrogen and oxygen atoms in total. The van der Waals surface area contributed by atoms with Gasteiger partial charge in [-0.05, 0) is 43.0 Å². The highest BCUT2D eigenvalue weighted by atomic mass is 16.6. The largest absolute Gasteiger partial charge is 0.449 e. The highest BCUT2D eigenvalue weighted by Crippen LogP contribution is 2.27. The zero-order valence-corrected chi connectivity index (χ0v) is 19.1. The molecule has 0 radical (unpaired) electrons. The average Bonchev–Trinajstić information content (AvgIpc) is 3.62. The van der Waals surface area contributed by atoms with E-state index in [4.69, 9.17) is 10.5 Å². The van der Waals surface area contributed by atoms with E-state index in [1.807, 2.05) is 38.1 Å². The Morgan fingerprint density at radius 3 is 2.45 bits per heavy atom. The third-order valence-electron chi connectivity index (χ3n) is 5.54. The van der Waals surface area contributed by atoms with Crippen molar-refractivity contribution in [1.82, 2.24) is 14.9 Å². The second-order valence-corrected chi connectivity index (χ2v) is 8.86. The maximum absolute atomic E-state index is 12.1. The van der Waals surface area contributed by atoms with Crippen LogP contribution in [-0.4, -0.2) is 65.7 Å². The summed E-state index contributed by atoms with van der Waals surface area (Å²) in [6.45, 7) is 7.25. The molecule has 10 heteroatoms. The van der Waals surface area contributed by atoms with Gasteiger partial charge in [0.25, 0.3) is 5.91 Å². The summed E-state index contributed by atoms with van der Waals surface area (Å²) in [5, 5.41) is 6.41. The molecule has 1 aliphatic carbocycles. The van der Waals surface area contributed by atoms with Crippen LogP contribution in [0.2, 0.25) is 0 Å². The zero-order valence-electron chi connectivity index (χ0n) is 19.1. The molecule has 4 rings (SSSR count). The first-order valence-electron chi connectivity index (χ1n) is 11.4. The Kier molecular flexibility index (Phi) is 6.81. The molecule has 1 saturated heterocycles. The Labute approximate surface area is 193 Å². The summed E-state index contributed by atoms with van der Waals surface area (Å²) >= 11 is 0. The van der Waals surface area contributed by atoms with E-state index < -0.39 is 5.91 Å². The number of piperazine rings is 1. The number of rotatable bonds is 8. The smallest absolute Gasteiger partial charge is 0.409 e. The molecule has 33 heavy (non-hydrogen) atoms. The lowest BCUT2D eigenvalue weighted by atomic mass is 10.2. The minimum atomic E-state index is -0.553. The molecule has 2 amide bonds. The van der Waals surface area contributed by atoms with E-state index in [1.165, 1.54) is 6.20 Å². The zero-order chi connectivity index (χ0) is 23.4. The standard InChI is InChI=1S/C23H31N7O3/c1-15(2)14-33-23(32)30-11-9-29(10-12-30)18-7-5-17(6-8-18)27-22-25-13-19(20(24)31)21(28-22)26-16-3-4-16/h5-8,13,15-16H,3-4,9-12,14H2,1-2H3,(H2,24,31)(H2,25,26,27,28). The van der Waals surface area contributed by atoms with Crippen LogP contribution < -0.4 is 21.3 Å². The summed E-state index contributed by atoms with van der Waals surface area (Å²) < 4.78 is 5.33. The summed E-state index contributed by atoms with van der Waals surface area (Å²) in [6.07, 6.45) is 3.32. The fraction of sp³-hybridized carbons (Fsp3) is 0.478. The van der Waals surface area contributed by atoms with Gasteiger partial charge in [0.05, 0.1) is 12.2 Å². The monoisotopic (exact) mass is 453 g/mol. The van der Waals surface area contributed by atoms with E-state index >= 15 is 0 Å². The van der Waals surface area contributed by atoms with Crippen molar-refractivity contribution in [2.75, 3.05) is 48.3 Å². The number of amides is 2. The van der Waals surface area contributed by atoms with Crippen LogP contribution in [0, 0.1) is 5.92 Å². The number of benzene rings is 1. The Morgan fingerprint density at radius 1 is 1.15 bits per heavy atom. The van der Waals surface area contributed by atoms with Gasteiger partial charge in [-0.3, -0.25) is 4.79 Å². The number of nitrogens with zero attached hydrogens (tertiary/aromatic N) is 4. The average molecular weight is 454 g/mol. The molecule has 1 aliphatic heterocycles. The van der Waals surface area contributed by atoms with Gasteiger partial charge in [-0.25, -0.2) is 9.78 Å². The number of nitrogens with two attached hydrogens (primary N) is 1. The van der Waals surface area contributed by atoms with Crippen LogP contribution in [0.4, 0.5) is 27.9 Å². The van der Waals surface area contributed by atoms with E-state index in [9.17, 15) is 9.59 Å². The third kappa shape index (κ3) is 6.03. The molecule has 0 atom stereocenters. The summed E-state index contributed by atoms with van der Waals surface area (Å²) in [5.41, 5.74) is 7.64. The number of hydrogen-bond acceptors (Lipinski definition) is 8. The SMILES string of the molecule is CC(C)COC(=O)N1CCN(c2ccc(Nc3ncc(C(N)=O)c(NC4CC4)n3)cc2)CC1. The van der Waals surface area contributed by atoms with E-state index in [-0.39, 0.29) is 11.7 Å². The lowest BCUT2D eigenvalue weighted by Crippen LogP contribution is -2.49. The molecule has 1 aromatic carbocycles. The molecular weight excluding hydrogens is 422 g/mol. The molecule has 1 aromatic heterocycles. The predicted octanol–water partition coefficient (Wildman–Crippen LogP) is 2.81. The van der Waals surface area contributed by atoms with Crippen LogP contribution in [-0.2, 0) is 4.74 Å². The van der Waals surface area contributed by atoms with Crippen molar-refractivity contribution in [3.05, 3.63) is 36.0 Å². The van der Waals surface area contributed by atoms with Crippen molar-refractivity contribution < 1.29 is 14.3 Å². The van der Waals surface area contributed by atoms with Gasteiger partial charge < -0.3 is 30.9 Å². The fourth-order valence-corrected chi connectivity index (χ4v) is 3.51. The fourth-order valence-electron chi connectivity index (χ4n) is 3.51. The molecule has 2 aromatic rings. The highest BCUT2D eigenvalue weighted by molar-refractivity contribution is 5.97. The van der Waals surface area contributed by atoms with E-state index in [0.717, 1.165) is 37.3 Å². The topological polar surface area (TPSA) is 126 Å². The Hall–Kier alpha value is -3.56. The van der Waals surface area contributed by atoms with Gasteiger partial charge in [0.2, 0.25) is 5.95 Å². The molecule has 1 saturated carbocycles. The van der Waals surface area contributed by atoms with Crippen LogP contribution in [0.15, 0.2) is 30.5 Å². The number of aromatic nitrogens is 2. The third-order valence-corrected chi connectivity index (χ3v) is 5.54. The first kappa shape index (κ1) is 22.6. The lowest BCUT2D eigenvalue weighted by Gasteiger charge is -2.35. The van der Waals surface area contributed by atoms with Crippen molar-refractivity contribution >= 4 is 35.1 Å². The molecule has 2 aliphatic rings. The van der Waals surface area contributed by atoms with Crippen LogP contribution in [0.5, 0.6) is 0 Å². The normalized spacial score (nSPS) is 16.0. The molecule has 2 heterocycles. The van der Waals surface area contributed by atoms with Crippen molar-refractivity contribution in [2.45, 2.75) is 32.7 Å². The van der Waals surface area contributed by atoms with Gasteiger partial charge in [0, 0.05) is 49.8 Å². The second kappa shape index (κ2) is 9.93. The van der Waals surface area contributed by atoms with Gasteiger partial charge >= 0.3 is 6.09 Å². The number of carbonyl (C=O) groups is 2. The Balaban J connectivity index is 1.33. The van der Waals surface area contributed by atoms with Gasteiger partial charge in [-0.1, -0.05) is 13.8 Å². The number of hydrogen-bond donors (Lipinski definition) is 3. The highest BCUT2D eigenvalue weighted by Gasteiger charge is 2.25. The quantitative estimate of drug-likeness (QED) is 0.557. The van der Waals surface area contributed by atoms with Crippen molar-refractivity contribution in [2.24, 2.45) is 11.7 Å². The number of ether oxygens (including phenoxy) is 1. The Bertz CT molecular complexity index is 984. The van der Waals surface area contributed by atoms with Crippen molar-refractivity contribution in [3.63, 3.8) is 0 Å². The first-order chi connectivity index (χ1) is 15.9. The van der Waals surface area contributed by atoms with Gasteiger partial charge in [-0.15, -0.1) is 0 Å². The molecule has 176 valence electrons. The molecule has 0 spiro atoms. The summed E-state index contributed by atoms with van der Waals surface area (Å²) in [7, 11) is 0. The molecule has 4 N–H and O–H groups in total. The predicted molar refractivity (Wildman–Crippen MR) is 127 cm³/mol. The molecule has 0 bridgehead atoms. The molecule has 0 unspecified atom stereocenters. The maximum Gasteiger partial charge on any atom is 0.409 e. The number of carbonyl (C=O) groups excluding carboxylic acids is 2. The molecule has 2 fully saturated rings. The lowest BCUT2D eigenvalue weighted by molar-refractivity contribution is 0.0901. The van der Waals surface area contributed by atoms with Gasteiger partial charge in [0.15, 0.2) is 0 Å². The maximum atomic E-state index is 12.1. The van der Waals surface area contributed by atoms with Crippen molar-refractivity contribution in [3.8, 4) is 0 Å². The minimum Gasteiger partial charge on any atom is -0.449 e. The van der Waals surface area contributed by atoms with Crippen LogP contribution in [0.25, 0.3) is 0 Å². The minimum absolute atomic E-state index is 0.235. The van der Waals surface area contributed by atoms with Gasteiger partial charge in [0.1, 0.15) is 5.82 Å².